The Hall–Kier alpha value is -2.92. The van der Waals surface area contributed by atoms with E-state index in [-0.39, 0.29) is 22.6 Å². The monoisotopic (exact) mass is 420 g/mol. The Kier molecular flexibility index (Phi) is 6.37. The minimum atomic E-state index is -0.392. The average Bonchev–Trinajstić information content (AvgIpc) is 2.68. The minimum Gasteiger partial charge on any atom is -0.450 e. The SMILES string of the molecule is Cc1cc(C)c2oc(C(=O)NC[C@@H](c3ccc(C(C)(C)C)cc3)N(C)C)cc(=O)c2c1. The maximum atomic E-state index is 12.8. The number of hydrogen-bond acceptors (Lipinski definition) is 4. The summed E-state index contributed by atoms with van der Waals surface area (Å²) in [5, 5.41) is 3.43. The summed E-state index contributed by atoms with van der Waals surface area (Å²) in [5.74, 6) is -0.359. The molecule has 0 spiro atoms. The predicted molar refractivity (Wildman–Crippen MR) is 126 cm³/mol. The molecule has 0 radical (unpaired) electrons. The number of nitrogens with zero attached hydrogens (tertiary/aromatic N) is 1. The highest BCUT2D eigenvalue weighted by Gasteiger charge is 2.20. The molecule has 2 aromatic carbocycles. The van der Waals surface area contributed by atoms with E-state index in [1.165, 1.54) is 11.6 Å². The highest BCUT2D eigenvalue weighted by Crippen LogP contribution is 2.25. The van der Waals surface area contributed by atoms with Crippen LogP contribution in [-0.4, -0.2) is 31.4 Å². The molecule has 0 unspecified atom stereocenters. The molecule has 0 fully saturated rings. The number of fused-ring (bicyclic) bond motifs is 1. The van der Waals surface area contributed by atoms with Crippen molar-refractivity contribution in [2.45, 2.75) is 46.1 Å². The van der Waals surface area contributed by atoms with Gasteiger partial charge < -0.3 is 14.6 Å². The normalized spacial score (nSPS) is 12.9. The van der Waals surface area contributed by atoms with E-state index in [2.05, 4.69) is 55.3 Å². The van der Waals surface area contributed by atoms with Gasteiger partial charge in [-0.1, -0.05) is 51.1 Å². The topological polar surface area (TPSA) is 62.6 Å². The Bertz CT molecular complexity index is 1150. The first kappa shape index (κ1) is 22.8. The van der Waals surface area contributed by atoms with Crippen molar-refractivity contribution in [2.75, 3.05) is 20.6 Å². The number of likely N-dealkylation sites (N-methyl/N-ethyl adjacent to an activating group) is 1. The summed E-state index contributed by atoms with van der Waals surface area (Å²) >= 11 is 0. The lowest BCUT2D eigenvalue weighted by Crippen LogP contribution is -2.35. The molecule has 0 bridgehead atoms. The van der Waals surface area contributed by atoms with Gasteiger partial charge in [-0.15, -0.1) is 0 Å². The maximum absolute atomic E-state index is 12.8. The molecule has 0 aliphatic rings. The number of hydrogen-bond donors (Lipinski definition) is 1. The summed E-state index contributed by atoms with van der Waals surface area (Å²) in [6.45, 7) is 10.8. The van der Waals surface area contributed by atoms with Crippen molar-refractivity contribution in [3.63, 3.8) is 0 Å². The van der Waals surface area contributed by atoms with Crippen molar-refractivity contribution >= 4 is 16.9 Å². The van der Waals surface area contributed by atoms with Gasteiger partial charge in [0, 0.05) is 12.6 Å². The molecular weight excluding hydrogens is 388 g/mol. The van der Waals surface area contributed by atoms with E-state index in [0.717, 1.165) is 16.7 Å². The van der Waals surface area contributed by atoms with Gasteiger partial charge in [0.1, 0.15) is 5.58 Å². The Morgan fingerprint density at radius 3 is 2.29 bits per heavy atom. The number of amides is 1. The highest BCUT2D eigenvalue weighted by molar-refractivity contribution is 5.93. The first-order valence-corrected chi connectivity index (χ1v) is 10.6. The van der Waals surface area contributed by atoms with E-state index in [9.17, 15) is 9.59 Å². The maximum Gasteiger partial charge on any atom is 0.287 e. The third-order valence-electron chi connectivity index (χ3n) is 5.62. The van der Waals surface area contributed by atoms with Crippen molar-refractivity contribution in [1.82, 2.24) is 10.2 Å². The standard InChI is InChI=1S/C26H32N2O3/c1-16-12-17(2)24-20(13-16)22(29)14-23(31-24)25(30)27-15-21(28(6)7)18-8-10-19(11-9-18)26(3,4)5/h8-14,21H,15H2,1-7H3,(H,27,30)/t21-/m0/s1. The molecule has 5 heteroatoms. The predicted octanol–water partition coefficient (Wildman–Crippen LogP) is 4.74. The molecule has 3 rings (SSSR count). The van der Waals surface area contributed by atoms with Crippen LogP contribution in [0.25, 0.3) is 11.0 Å². The second-order valence-electron chi connectivity index (χ2n) is 9.49. The van der Waals surface area contributed by atoms with Gasteiger partial charge in [0.05, 0.1) is 11.4 Å². The van der Waals surface area contributed by atoms with Gasteiger partial charge in [0.2, 0.25) is 0 Å². The third-order valence-corrected chi connectivity index (χ3v) is 5.62. The first-order chi connectivity index (χ1) is 14.5. The fourth-order valence-electron chi connectivity index (χ4n) is 3.80. The Morgan fingerprint density at radius 1 is 1.06 bits per heavy atom. The van der Waals surface area contributed by atoms with Gasteiger partial charge in [0.25, 0.3) is 5.91 Å². The summed E-state index contributed by atoms with van der Waals surface area (Å²) in [5.41, 5.74) is 4.55. The van der Waals surface area contributed by atoms with Gasteiger partial charge in [-0.2, -0.15) is 0 Å². The van der Waals surface area contributed by atoms with Crippen LogP contribution in [0, 0.1) is 13.8 Å². The van der Waals surface area contributed by atoms with Crippen LogP contribution in [0.4, 0.5) is 0 Å². The van der Waals surface area contributed by atoms with E-state index >= 15 is 0 Å². The molecule has 1 heterocycles. The molecule has 0 saturated carbocycles. The number of nitrogens with one attached hydrogen (secondary N) is 1. The van der Waals surface area contributed by atoms with Crippen molar-refractivity contribution in [2.24, 2.45) is 0 Å². The first-order valence-electron chi connectivity index (χ1n) is 10.6. The van der Waals surface area contributed by atoms with Gasteiger partial charge in [0.15, 0.2) is 11.2 Å². The number of aryl methyl sites for hydroxylation is 2. The zero-order valence-electron chi connectivity index (χ0n) is 19.5. The van der Waals surface area contributed by atoms with Crippen LogP contribution in [0.2, 0.25) is 0 Å². The molecule has 0 aliphatic carbocycles. The quantitative estimate of drug-likeness (QED) is 0.648. The van der Waals surface area contributed by atoms with E-state index in [0.29, 0.717) is 17.5 Å². The third kappa shape index (κ3) is 5.05. The van der Waals surface area contributed by atoms with Crippen LogP contribution in [0.3, 0.4) is 0 Å². The summed E-state index contributed by atoms with van der Waals surface area (Å²) in [4.78, 5) is 27.4. The molecule has 164 valence electrons. The fourth-order valence-corrected chi connectivity index (χ4v) is 3.80. The lowest BCUT2D eigenvalue weighted by atomic mass is 9.86. The minimum absolute atomic E-state index is 0.00506. The van der Waals surface area contributed by atoms with E-state index in [1.807, 2.05) is 34.0 Å². The van der Waals surface area contributed by atoms with Gasteiger partial charge >= 0.3 is 0 Å². The van der Waals surface area contributed by atoms with Crippen LogP contribution in [0.15, 0.2) is 51.7 Å². The molecule has 3 aromatic rings. The summed E-state index contributed by atoms with van der Waals surface area (Å²) in [7, 11) is 3.96. The van der Waals surface area contributed by atoms with E-state index in [4.69, 9.17) is 4.42 Å². The Morgan fingerprint density at radius 2 is 1.71 bits per heavy atom. The number of carbonyl (C=O) groups excluding carboxylic acids is 1. The van der Waals surface area contributed by atoms with Crippen molar-refractivity contribution in [1.29, 1.82) is 0 Å². The number of carbonyl (C=O) groups is 1. The molecule has 1 N–H and O–H groups in total. The molecule has 0 saturated heterocycles. The molecule has 31 heavy (non-hydrogen) atoms. The summed E-state index contributed by atoms with van der Waals surface area (Å²) in [6.07, 6.45) is 0. The fraction of sp³-hybridized carbons (Fsp3) is 0.385. The van der Waals surface area contributed by atoms with Crippen LogP contribution < -0.4 is 10.7 Å². The Labute approximate surface area is 184 Å². The largest absolute Gasteiger partial charge is 0.450 e. The molecule has 1 atom stereocenters. The van der Waals surface area contributed by atoms with E-state index in [1.54, 1.807) is 6.07 Å². The smallest absolute Gasteiger partial charge is 0.287 e. The zero-order chi connectivity index (χ0) is 22.9. The lowest BCUT2D eigenvalue weighted by Gasteiger charge is -2.26. The van der Waals surface area contributed by atoms with Crippen molar-refractivity contribution in [3.05, 3.63) is 80.7 Å². The molecule has 1 amide bonds. The second kappa shape index (κ2) is 8.67. The van der Waals surface area contributed by atoms with Gasteiger partial charge in [-0.3, -0.25) is 9.59 Å². The molecule has 5 nitrogen and oxygen atoms in total. The van der Waals surface area contributed by atoms with Crippen LogP contribution in [0.5, 0.6) is 0 Å². The van der Waals surface area contributed by atoms with Crippen molar-refractivity contribution in [3.8, 4) is 0 Å². The molecular formula is C26H32N2O3. The second-order valence-corrected chi connectivity index (χ2v) is 9.49. The summed E-state index contributed by atoms with van der Waals surface area (Å²) < 4.78 is 5.82. The molecule has 0 aliphatic heterocycles. The highest BCUT2D eigenvalue weighted by atomic mass is 16.3. The van der Waals surface area contributed by atoms with Gasteiger partial charge in [-0.05, 0) is 61.7 Å². The zero-order valence-corrected chi connectivity index (χ0v) is 19.5. The lowest BCUT2D eigenvalue weighted by molar-refractivity contribution is 0.0914. The number of rotatable bonds is 5. The Balaban J connectivity index is 1.81. The summed E-state index contributed by atoms with van der Waals surface area (Å²) in [6, 6.07) is 13.5. The van der Waals surface area contributed by atoms with Crippen molar-refractivity contribution < 1.29 is 9.21 Å². The van der Waals surface area contributed by atoms with Crippen LogP contribution in [-0.2, 0) is 5.41 Å². The molecule has 1 aromatic heterocycles. The number of benzene rings is 2. The van der Waals surface area contributed by atoms with E-state index < -0.39 is 5.91 Å². The van der Waals surface area contributed by atoms with Crippen LogP contribution in [0.1, 0.15) is 59.6 Å². The van der Waals surface area contributed by atoms with Gasteiger partial charge in [-0.25, -0.2) is 0 Å². The average molecular weight is 421 g/mol. The van der Waals surface area contributed by atoms with Crippen LogP contribution >= 0.6 is 0 Å².